The molecule has 0 aliphatic carbocycles. The summed E-state index contributed by atoms with van der Waals surface area (Å²) in [5.74, 6) is 1.35. The van der Waals surface area contributed by atoms with Crippen LogP contribution in [0, 0.1) is 0 Å². The number of hydrogen-bond donors (Lipinski definition) is 0. The Hall–Kier alpha value is -3.14. The lowest BCUT2D eigenvalue weighted by molar-refractivity contribution is 0.0629. The third-order valence-electron chi connectivity index (χ3n) is 6.20. The van der Waals surface area contributed by atoms with Crippen LogP contribution in [0.1, 0.15) is 39.3 Å². The molecular weight excluding hydrogens is 472 g/mol. The number of carbonyl (C=O) groups is 1. The van der Waals surface area contributed by atoms with Gasteiger partial charge in [0.2, 0.25) is 5.96 Å². The first kappa shape index (κ1) is 25.9. The number of guanidine groups is 1. The average Bonchev–Trinajstić information content (AvgIpc) is 3.39. The van der Waals surface area contributed by atoms with E-state index in [1.54, 1.807) is 0 Å². The van der Waals surface area contributed by atoms with Crippen molar-refractivity contribution in [2.24, 2.45) is 4.99 Å². The molecule has 1 unspecified atom stereocenters. The number of morpholine rings is 1. The predicted molar refractivity (Wildman–Crippen MR) is 144 cm³/mol. The van der Waals surface area contributed by atoms with Gasteiger partial charge >= 0.3 is 0 Å². The summed E-state index contributed by atoms with van der Waals surface area (Å²) in [5, 5.41) is 0.871. The average molecular weight is 507 g/mol. The van der Waals surface area contributed by atoms with Crippen LogP contribution in [0.4, 0.5) is 5.95 Å². The van der Waals surface area contributed by atoms with Gasteiger partial charge in [-0.2, -0.15) is 9.37 Å². The zero-order chi connectivity index (χ0) is 25.5. The van der Waals surface area contributed by atoms with Crippen LogP contribution in [0.25, 0.3) is 0 Å². The number of benzene rings is 2. The Morgan fingerprint density at radius 1 is 1.06 bits per heavy atom. The molecule has 9 heteroatoms. The lowest BCUT2D eigenvalue weighted by Crippen LogP contribution is -2.49. The van der Waals surface area contributed by atoms with Crippen LogP contribution in [-0.2, 0) is 4.74 Å². The fraction of sp³-hybridized carbons (Fsp3) is 0.407. The van der Waals surface area contributed by atoms with E-state index >= 15 is 0 Å². The summed E-state index contributed by atoms with van der Waals surface area (Å²) < 4.78 is 10.1. The van der Waals surface area contributed by atoms with Crippen molar-refractivity contribution < 1.29 is 9.53 Å². The van der Waals surface area contributed by atoms with Crippen molar-refractivity contribution in [1.29, 1.82) is 0 Å². The quantitative estimate of drug-likeness (QED) is 0.262. The first-order chi connectivity index (χ1) is 17.4. The molecule has 4 rings (SSSR count). The number of ether oxygens (including phenoxy) is 1. The first-order valence-corrected chi connectivity index (χ1v) is 13.0. The van der Waals surface area contributed by atoms with Gasteiger partial charge in [0, 0.05) is 50.3 Å². The normalized spacial score (nSPS) is 15.2. The topological polar surface area (TPSA) is 74.2 Å². The lowest BCUT2D eigenvalue weighted by Gasteiger charge is -2.34. The van der Waals surface area contributed by atoms with Crippen LogP contribution >= 0.6 is 11.5 Å². The number of aliphatic imine (C=N–C) groups is 1. The Morgan fingerprint density at radius 2 is 1.78 bits per heavy atom. The van der Waals surface area contributed by atoms with Gasteiger partial charge in [0.15, 0.2) is 5.78 Å². The summed E-state index contributed by atoms with van der Waals surface area (Å²) in [6, 6.07) is 17.1. The summed E-state index contributed by atoms with van der Waals surface area (Å²) >= 11 is 1.36. The SMILES string of the molecule is CC(c1cccc(C(=O)c2ccccc2)c1)c1nc(N=C(N(C)CCN(C)C)N2CCOCC2)ns1. The Kier molecular flexibility index (Phi) is 8.79. The first-order valence-electron chi connectivity index (χ1n) is 12.2. The Bertz CT molecular complexity index is 1170. The third-order valence-corrected chi connectivity index (χ3v) is 7.09. The van der Waals surface area contributed by atoms with Crippen LogP contribution in [0.2, 0.25) is 0 Å². The maximum atomic E-state index is 12.9. The fourth-order valence-electron chi connectivity index (χ4n) is 4.00. The summed E-state index contributed by atoms with van der Waals surface area (Å²) in [6.45, 7) is 6.81. The van der Waals surface area contributed by atoms with E-state index in [1.807, 2.05) is 54.6 Å². The molecule has 36 heavy (non-hydrogen) atoms. The zero-order valence-corrected chi connectivity index (χ0v) is 22.2. The molecule has 1 atom stereocenters. The highest BCUT2D eigenvalue weighted by Gasteiger charge is 2.21. The van der Waals surface area contributed by atoms with E-state index in [9.17, 15) is 4.79 Å². The molecule has 0 bridgehead atoms. The van der Waals surface area contributed by atoms with Gasteiger partial charge in [-0.1, -0.05) is 55.5 Å². The molecule has 3 aromatic rings. The second kappa shape index (κ2) is 12.2. The highest BCUT2D eigenvalue weighted by molar-refractivity contribution is 7.05. The summed E-state index contributed by atoms with van der Waals surface area (Å²) in [4.78, 5) is 29.1. The number of rotatable bonds is 8. The van der Waals surface area contributed by atoms with Gasteiger partial charge in [0.05, 0.1) is 13.2 Å². The van der Waals surface area contributed by atoms with Gasteiger partial charge in [-0.3, -0.25) is 4.79 Å². The van der Waals surface area contributed by atoms with Crippen molar-refractivity contribution in [3.63, 3.8) is 0 Å². The number of hydrogen-bond acceptors (Lipinski definition) is 7. The van der Waals surface area contributed by atoms with Crippen molar-refractivity contribution >= 4 is 29.2 Å². The molecule has 1 fully saturated rings. The van der Waals surface area contributed by atoms with Gasteiger partial charge in [-0.25, -0.2) is 4.98 Å². The maximum Gasteiger partial charge on any atom is 0.264 e. The van der Waals surface area contributed by atoms with Crippen LogP contribution < -0.4 is 0 Å². The molecule has 0 amide bonds. The van der Waals surface area contributed by atoms with E-state index in [1.165, 1.54) is 11.5 Å². The molecule has 0 N–H and O–H groups in total. The van der Waals surface area contributed by atoms with Crippen LogP contribution in [0.15, 0.2) is 59.6 Å². The highest BCUT2D eigenvalue weighted by Crippen LogP contribution is 2.28. The minimum absolute atomic E-state index is 0.00622. The number of nitrogens with zero attached hydrogens (tertiary/aromatic N) is 6. The molecule has 2 aromatic carbocycles. The van der Waals surface area contributed by atoms with E-state index in [0.717, 1.165) is 42.7 Å². The van der Waals surface area contributed by atoms with Crippen molar-refractivity contribution in [3.05, 3.63) is 76.3 Å². The third kappa shape index (κ3) is 6.54. The van der Waals surface area contributed by atoms with E-state index in [0.29, 0.717) is 30.3 Å². The van der Waals surface area contributed by atoms with E-state index in [-0.39, 0.29) is 11.7 Å². The summed E-state index contributed by atoms with van der Waals surface area (Å²) in [7, 11) is 6.19. The second-order valence-corrected chi connectivity index (χ2v) is 9.99. The molecule has 1 saturated heterocycles. The molecule has 1 aromatic heterocycles. The molecule has 0 radical (unpaired) electrons. The Labute approximate surface area is 217 Å². The van der Waals surface area contributed by atoms with Crippen molar-refractivity contribution in [1.82, 2.24) is 24.1 Å². The van der Waals surface area contributed by atoms with Gasteiger partial charge in [0.25, 0.3) is 5.95 Å². The Balaban J connectivity index is 1.54. The standard InChI is InChI=1S/C27H34N6O2S/c1-20(22-11-8-12-23(19-22)24(34)21-9-6-5-7-10-21)25-28-26(30-36-25)29-27(32(4)14-13-31(2)3)33-15-17-35-18-16-33/h5-12,19-20H,13-18H2,1-4H3. The van der Waals surface area contributed by atoms with Gasteiger partial charge in [0.1, 0.15) is 5.01 Å². The van der Waals surface area contributed by atoms with E-state index in [2.05, 4.69) is 47.1 Å². The number of aromatic nitrogens is 2. The fourth-order valence-corrected chi connectivity index (χ4v) is 4.67. The molecule has 0 spiro atoms. The summed E-state index contributed by atoms with van der Waals surface area (Å²) in [5.41, 5.74) is 2.38. The second-order valence-electron chi connectivity index (χ2n) is 9.21. The van der Waals surface area contributed by atoms with E-state index < -0.39 is 0 Å². The Morgan fingerprint density at radius 3 is 2.50 bits per heavy atom. The largest absolute Gasteiger partial charge is 0.378 e. The predicted octanol–water partition coefficient (Wildman–Crippen LogP) is 3.73. The minimum atomic E-state index is -0.00622. The number of carbonyl (C=O) groups excluding carboxylic acids is 1. The molecule has 2 heterocycles. The minimum Gasteiger partial charge on any atom is -0.378 e. The maximum absolute atomic E-state index is 12.9. The van der Waals surface area contributed by atoms with Gasteiger partial charge < -0.3 is 19.4 Å². The van der Waals surface area contributed by atoms with Gasteiger partial charge in [-0.15, -0.1) is 0 Å². The lowest BCUT2D eigenvalue weighted by atomic mass is 9.96. The molecule has 190 valence electrons. The monoisotopic (exact) mass is 506 g/mol. The van der Waals surface area contributed by atoms with Crippen LogP contribution in [0.3, 0.4) is 0 Å². The molecule has 1 aliphatic heterocycles. The molecule has 1 aliphatic rings. The highest BCUT2D eigenvalue weighted by atomic mass is 32.1. The van der Waals surface area contributed by atoms with Gasteiger partial charge in [-0.05, 0) is 37.3 Å². The van der Waals surface area contributed by atoms with Crippen molar-refractivity contribution in [3.8, 4) is 0 Å². The molecule has 0 saturated carbocycles. The number of likely N-dealkylation sites (N-methyl/N-ethyl adjacent to an activating group) is 2. The smallest absolute Gasteiger partial charge is 0.264 e. The van der Waals surface area contributed by atoms with Crippen molar-refractivity contribution in [2.75, 3.05) is 60.5 Å². The zero-order valence-electron chi connectivity index (χ0n) is 21.4. The van der Waals surface area contributed by atoms with Crippen LogP contribution in [-0.4, -0.2) is 96.3 Å². The number of ketones is 1. The molecular formula is C27H34N6O2S. The molecule has 8 nitrogen and oxygen atoms in total. The summed E-state index contributed by atoms with van der Waals surface area (Å²) in [6.07, 6.45) is 0. The van der Waals surface area contributed by atoms with Crippen LogP contribution in [0.5, 0.6) is 0 Å². The van der Waals surface area contributed by atoms with Crippen molar-refractivity contribution in [2.45, 2.75) is 12.8 Å². The van der Waals surface area contributed by atoms with E-state index in [4.69, 9.17) is 14.7 Å².